The highest BCUT2D eigenvalue weighted by molar-refractivity contribution is 5.82. The maximum absolute atomic E-state index is 12.0. The number of nitrogens with two attached hydrogens (primary N) is 1. The van der Waals surface area contributed by atoms with Gasteiger partial charge in [0, 0.05) is 18.6 Å². The lowest BCUT2D eigenvalue weighted by atomic mass is 9.98. The van der Waals surface area contributed by atoms with E-state index in [1.165, 1.54) is 19.4 Å². The smallest absolute Gasteiger partial charge is 0.237 e. The molecule has 2 heterocycles. The normalized spacial score (nSPS) is 32.2. The molecule has 2 unspecified atom stereocenters. The Morgan fingerprint density at radius 2 is 2.24 bits per heavy atom. The zero-order valence-corrected chi connectivity index (χ0v) is 11.0. The topological polar surface area (TPSA) is 58.4 Å². The van der Waals surface area contributed by atoms with E-state index in [1.807, 2.05) is 6.92 Å². The molecule has 2 fully saturated rings. The van der Waals surface area contributed by atoms with Crippen LogP contribution in [0, 0.1) is 5.92 Å². The van der Waals surface area contributed by atoms with E-state index in [0.29, 0.717) is 12.1 Å². The van der Waals surface area contributed by atoms with Gasteiger partial charge >= 0.3 is 0 Å². The second-order valence-corrected chi connectivity index (χ2v) is 5.56. The summed E-state index contributed by atoms with van der Waals surface area (Å²) < 4.78 is 0. The number of hydrogen-bond acceptors (Lipinski definition) is 3. The van der Waals surface area contributed by atoms with Crippen molar-refractivity contribution >= 4 is 5.91 Å². The van der Waals surface area contributed by atoms with Crippen molar-refractivity contribution < 1.29 is 4.79 Å². The minimum absolute atomic E-state index is 0.0399. The van der Waals surface area contributed by atoms with E-state index < -0.39 is 0 Å². The Morgan fingerprint density at radius 1 is 1.47 bits per heavy atom. The molecule has 0 spiro atoms. The molecule has 2 saturated heterocycles. The molecule has 98 valence electrons. The van der Waals surface area contributed by atoms with E-state index in [9.17, 15) is 4.79 Å². The van der Waals surface area contributed by atoms with Gasteiger partial charge in [0.1, 0.15) is 0 Å². The third kappa shape index (κ3) is 2.63. The molecule has 0 aliphatic carbocycles. The molecule has 0 aromatic carbocycles. The van der Waals surface area contributed by atoms with Crippen LogP contribution in [0.15, 0.2) is 0 Å². The molecule has 0 saturated carbocycles. The Balaban J connectivity index is 1.86. The summed E-state index contributed by atoms with van der Waals surface area (Å²) in [7, 11) is 0. The maximum atomic E-state index is 12.0. The van der Waals surface area contributed by atoms with Crippen LogP contribution in [-0.2, 0) is 4.79 Å². The molecule has 17 heavy (non-hydrogen) atoms. The molecule has 4 nitrogen and oxygen atoms in total. The van der Waals surface area contributed by atoms with E-state index >= 15 is 0 Å². The lowest BCUT2D eigenvalue weighted by molar-refractivity contribution is -0.124. The molecule has 2 aliphatic heterocycles. The molecule has 3 N–H and O–H groups in total. The van der Waals surface area contributed by atoms with Gasteiger partial charge in [-0.25, -0.2) is 0 Å². The van der Waals surface area contributed by atoms with Crippen molar-refractivity contribution in [1.29, 1.82) is 0 Å². The average molecular weight is 239 g/mol. The van der Waals surface area contributed by atoms with Gasteiger partial charge in [0.25, 0.3) is 0 Å². The van der Waals surface area contributed by atoms with Gasteiger partial charge in [-0.05, 0) is 31.7 Å². The van der Waals surface area contributed by atoms with Crippen molar-refractivity contribution in [3.63, 3.8) is 0 Å². The summed E-state index contributed by atoms with van der Waals surface area (Å²) in [4.78, 5) is 14.5. The van der Waals surface area contributed by atoms with Crippen LogP contribution in [0.2, 0.25) is 0 Å². The number of rotatable bonds is 4. The van der Waals surface area contributed by atoms with Crippen LogP contribution in [0.25, 0.3) is 0 Å². The Kier molecular flexibility index (Phi) is 4.05. The summed E-state index contributed by atoms with van der Waals surface area (Å²) in [6.07, 6.45) is 4.54. The SMILES string of the molecule is CC[C@H](C)[C@H](N)C(=O)NC1CCN2CCCC12. The molecule has 0 aromatic rings. The summed E-state index contributed by atoms with van der Waals surface area (Å²) in [6.45, 7) is 6.45. The number of hydrogen-bond donors (Lipinski definition) is 2. The average Bonchev–Trinajstić information content (AvgIpc) is 2.91. The minimum Gasteiger partial charge on any atom is -0.350 e. The number of amides is 1. The number of carbonyl (C=O) groups excluding carboxylic acids is 1. The molecule has 1 amide bonds. The van der Waals surface area contributed by atoms with Crippen molar-refractivity contribution in [2.45, 2.75) is 57.7 Å². The number of nitrogens with zero attached hydrogens (tertiary/aromatic N) is 1. The zero-order valence-electron chi connectivity index (χ0n) is 11.0. The quantitative estimate of drug-likeness (QED) is 0.760. The fourth-order valence-electron chi connectivity index (χ4n) is 3.04. The standard InChI is InChI=1S/C13H25N3O/c1-3-9(2)12(14)13(17)15-10-6-8-16-7-4-5-11(10)16/h9-12H,3-8,14H2,1-2H3,(H,15,17)/t9-,10?,11?,12-/m0/s1. The zero-order chi connectivity index (χ0) is 12.4. The fourth-order valence-corrected chi connectivity index (χ4v) is 3.04. The van der Waals surface area contributed by atoms with E-state index in [0.717, 1.165) is 19.4 Å². The van der Waals surface area contributed by atoms with Gasteiger partial charge in [-0.1, -0.05) is 20.3 Å². The van der Waals surface area contributed by atoms with Crippen molar-refractivity contribution in [2.24, 2.45) is 11.7 Å². The lowest BCUT2D eigenvalue weighted by Crippen LogP contribution is -2.51. The van der Waals surface area contributed by atoms with Crippen LogP contribution in [-0.4, -0.2) is 42.0 Å². The highest BCUT2D eigenvalue weighted by atomic mass is 16.2. The van der Waals surface area contributed by atoms with Gasteiger partial charge in [-0.15, -0.1) is 0 Å². The van der Waals surface area contributed by atoms with Crippen LogP contribution in [0.1, 0.15) is 39.5 Å². The number of fused-ring (bicyclic) bond motifs is 1. The van der Waals surface area contributed by atoms with E-state index in [-0.39, 0.29) is 17.9 Å². The Hall–Kier alpha value is -0.610. The molecule has 2 rings (SSSR count). The Morgan fingerprint density at radius 3 is 2.94 bits per heavy atom. The summed E-state index contributed by atoms with van der Waals surface area (Å²) >= 11 is 0. The molecule has 0 aromatic heterocycles. The molecular weight excluding hydrogens is 214 g/mol. The Bertz CT molecular complexity index is 282. The first-order valence-electron chi connectivity index (χ1n) is 6.93. The first-order valence-corrected chi connectivity index (χ1v) is 6.93. The van der Waals surface area contributed by atoms with Gasteiger partial charge in [0.05, 0.1) is 6.04 Å². The third-order valence-electron chi connectivity index (χ3n) is 4.49. The van der Waals surface area contributed by atoms with Crippen LogP contribution < -0.4 is 11.1 Å². The predicted octanol–water partition coefficient (Wildman–Crippen LogP) is 0.713. The van der Waals surface area contributed by atoms with E-state index in [4.69, 9.17) is 5.73 Å². The molecule has 0 radical (unpaired) electrons. The second kappa shape index (κ2) is 5.36. The van der Waals surface area contributed by atoms with Crippen LogP contribution in [0.3, 0.4) is 0 Å². The largest absolute Gasteiger partial charge is 0.350 e. The van der Waals surface area contributed by atoms with Gasteiger partial charge < -0.3 is 11.1 Å². The summed E-state index contributed by atoms with van der Waals surface area (Å²) in [5, 5.41) is 3.16. The summed E-state index contributed by atoms with van der Waals surface area (Å²) in [6, 6.07) is 0.554. The third-order valence-corrected chi connectivity index (χ3v) is 4.49. The highest BCUT2D eigenvalue weighted by Crippen LogP contribution is 2.27. The molecule has 2 aliphatic rings. The summed E-state index contributed by atoms with van der Waals surface area (Å²) in [5.41, 5.74) is 5.96. The molecular formula is C13H25N3O. The number of carbonyl (C=O) groups is 1. The van der Waals surface area contributed by atoms with Crippen molar-refractivity contribution in [1.82, 2.24) is 10.2 Å². The van der Waals surface area contributed by atoms with Crippen LogP contribution in [0.5, 0.6) is 0 Å². The fraction of sp³-hybridized carbons (Fsp3) is 0.923. The molecule has 4 atom stereocenters. The van der Waals surface area contributed by atoms with E-state index in [2.05, 4.69) is 17.1 Å². The first kappa shape index (κ1) is 12.8. The van der Waals surface area contributed by atoms with Gasteiger partial charge in [-0.3, -0.25) is 9.69 Å². The highest BCUT2D eigenvalue weighted by Gasteiger charge is 2.38. The van der Waals surface area contributed by atoms with Crippen molar-refractivity contribution in [3.05, 3.63) is 0 Å². The first-order chi connectivity index (χ1) is 8.13. The van der Waals surface area contributed by atoms with Crippen LogP contribution >= 0.6 is 0 Å². The van der Waals surface area contributed by atoms with Crippen molar-refractivity contribution in [3.8, 4) is 0 Å². The van der Waals surface area contributed by atoms with Crippen LogP contribution in [0.4, 0.5) is 0 Å². The van der Waals surface area contributed by atoms with Gasteiger partial charge in [0.2, 0.25) is 5.91 Å². The minimum atomic E-state index is -0.351. The molecule has 0 bridgehead atoms. The summed E-state index contributed by atoms with van der Waals surface area (Å²) in [5.74, 6) is 0.300. The van der Waals surface area contributed by atoms with Gasteiger partial charge in [0.15, 0.2) is 0 Å². The molecule has 4 heteroatoms. The lowest BCUT2D eigenvalue weighted by Gasteiger charge is -2.24. The number of nitrogens with one attached hydrogen (secondary N) is 1. The van der Waals surface area contributed by atoms with Crippen molar-refractivity contribution in [2.75, 3.05) is 13.1 Å². The maximum Gasteiger partial charge on any atom is 0.237 e. The predicted molar refractivity (Wildman–Crippen MR) is 68.6 cm³/mol. The van der Waals surface area contributed by atoms with E-state index in [1.54, 1.807) is 0 Å². The monoisotopic (exact) mass is 239 g/mol. The van der Waals surface area contributed by atoms with Gasteiger partial charge in [-0.2, -0.15) is 0 Å². The Labute approximate surface area is 104 Å². The second-order valence-electron chi connectivity index (χ2n) is 5.56.